The van der Waals surface area contributed by atoms with Gasteiger partial charge in [-0.05, 0) is 20.8 Å². The van der Waals surface area contributed by atoms with E-state index in [1.165, 1.54) is 18.9 Å². The lowest BCUT2D eigenvalue weighted by molar-refractivity contribution is -0.142. The Morgan fingerprint density at radius 3 is 2.55 bits per heavy atom. The summed E-state index contributed by atoms with van der Waals surface area (Å²) >= 11 is 1.41. The Kier molecular flexibility index (Phi) is 6.48. The van der Waals surface area contributed by atoms with Gasteiger partial charge in [0.25, 0.3) is 0 Å². The second kappa shape index (κ2) is 7.68. The smallest absolute Gasteiger partial charge is 0.408 e. The highest BCUT2D eigenvalue weighted by Crippen LogP contribution is 2.23. The summed E-state index contributed by atoms with van der Waals surface area (Å²) in [6.07, 6.45) is -0.653. The van der Waals surface area contributed by atoms with Crippen LogP contribution in [0.2, 0.25) is 0 Å². The van der Waals surface area contributed by atoms with Crippen molar-refractivity contribution in [3.05, 3.63) is 0 Å². The van der Waals surface area contributed by atoms with Gasteiger partial charge in [0.15, 0.2) is 0 Å². The molecule has 0 radical (unpaired) electrons. The molecule has 0 spiro atoms. The number of nitrogens with one attached hydrogen (secondary N) is 2. The molecule has 0 aliphatic carbocycles. The van der Waals surface area contributed by atoms with Crippen molar-refractivity contribution < 1.29 is 29.0 Å². The molecule has 22 heavy (non-hydrogen) atoms. The van der Waals surface area contributed by atoms with E-state index in [0.717, 1.165) is 0 Å². The summed E-state index contributed by atoms with van der Waals surface area (Å²) in [5.74, 6) is -1.05. The molecule has 0 aromatic rings. The van der Waals surface area contributed by atoms with E-state index < -0.39 is 29.7 Å². The minimum Gasteiger partial charge on any atom is -0.480 e. The van der Waals surface area contributed by atoms with Crippen molar-refractivity contribution in [3.63, 3.8) is 0 Å². The number of alkyl carbamates (subject to hydrolysis) is 1. The zero-order valence-corrected chi connectivity index (χ0v) is 13.9. The van der Waals surface area contributed by atoms with Crippen molar-refractivity contribution >= 4 is 29.8 Å². The van der Waals surface area contributed by atoms with Crippen molar-refractivity contribution in [1.29, 1.82) is 0 Å². The van der Waals surface area contributed by atoms with E-state index in [0.29, 0.717) is 5.75 Å². The summed E-state index contributed by atoms with van der Waals surface area (Å²) in [7, 11) is 1.30. The molecule has 0 aromatic heterocycles. The molecule has 1 aliphatic heterocycles. The maximum Gasteiger partial charge on any atom is 0.408 e. The minimum atomic E-state index is -1.16. The van der Waals surface area contributed by atoms with Gasteiger partial charge in [-0.2, -0.15) is 0 Å². The molecule has 8 nitrogen and oxygen atoms in total. The molecule has 3 atom stereocenters. The number of carboxylic acids is 1. The second-order valence-corrected chi connectivity index (χ2v) is 7.07. The molecule has 0 saturated carbocycles. The van der Waals surface area contributed by atoms with Crippen LogP contribution in [0.4, 0.5) is 4.79 Å². The van der Waals surface area contributed by atoms with Crippen LogP contribution in [-0.4, -0.2) is 59.1 Å². The predicted molar refractivity (Wildman–Crippen MR) is 80.6 cm³/mol. The monoisotopic (exact) mass is 334 g/mol. The number of carbonyl (C=O) groups excluding carboxylic acids is 2. The molecule has 1 heterocycles. The largest absolute Gasteiger partial charge is 0.480 e. The van der Waals surface area contributed by atoms with Crippen molar-refractivity contribution in [3.8, 4) is 0 Å². The van der Waals surface area contributed by atoms with Crippen molar-refractivity contribution in [2.75, 3.05) is 12.9 Å². The summed E-state index contributed by atoms with van der Waals surface area (Å²) < 4.78 is 9.68. The van der Waals surface area contributed by atoms with Crippen LogP contribution in [-0.2, 0) is 19.1 Å². The van der Waals surface area contributed by atoms with Crippen LogP contribution in [0.15, 0.2) is 0 Å². The average molecular weight is 334 g/mol. The molecule has 3 unspecified atom stereocenters. The van der Waals surface area contributed by atoms with Crippen LogP contribution in [0.1, 0.15) is 27.2 Å². The second-order valence-electron chi connectivity index (χ2n) is 5.84. The summed E-state index contributed by atoms with van der Waals surface area (Å²) in [6.45, 7) is 5.08. The lowest BCUT2D eigenvalue weighted by atomic mass is 10.2. The topological polar surface area (TPSA) is 114 Å². The molecule has 9 heteroatoms. The maximum atomic E-state index is 11.7. The van der Waals surface area contributed by atoms with Crippen molar-refractivity contribution in [2.24, 2.45) is 0 Å². The van der Waals surface area contributed by atoms with Crippen LogP contribution >= 0.6 is 11.8 Å². The van der Waals surface area contributed by atoms with Gasteiger partial charge < -0.3 is 19.9 Å². The first-order valence-corrected chi connectivity index (χ1v) is 7.85. The average Bonchev–Trinajstić information content (AvgIpc) is 2.83. The Labute approximate surface area is 133 Å². The number of amides is 1. The van der Waals surface area contributed by atoms with Crippen molar-refractivity contribution in [1.82, 2.24) is 10.6 Å². The summed E-state index contributed by atoms with van der Waals surface area (Å²) in [5.41, 5.74) is -0.705. The minimum absolute atomic E-state index is 0.132. The Morgan fingerprint density at radius 1 is 1.41 bits per heavy atom. The van der Waals surface area contributed by atoms with E-state index >= 15 is 0 Å². The summed E-state index contributed by atoms with van der Waals surface area (Å²) in [4.78, 5) is 34.3. The van der Waals surface area contributed by atoms with Crippen LogP contribution in [0.3, 0.4) is 0 Å². The quantitative estimate of drug-likeness (QED) is 0.625. The number of methoxy groups -OCH3 is 1. The number of hydrogen-bond acceptors (Lipinski definition) is 7. The predicted octanol–water partition coefficient (Wildman–Crippen LogP) is 0.558. The molecule has 1 aliphatic rings. The number of rotatable bonds is 5. The van der Waals surface area contributed by atoms with Gasteiger partial charge in [0.05, 0.1) is 12.5 Å². The molecule has 0 bridgehead atoms. The van der Waals surface area contributed by atoms with Crippen LogP contribution in [0, 0.1) is 0 Å². The maximum absolute atomic E-state index is 11.7. The molecule has 1 saturated heterocycles. The van der Waals surface area contributed by atoms with Gasteiger partial charge in [0.1, 0.15) is 17.7 Å². The Balaban J connectivity index is 2.54. The van der Waals surface area contributed by atoms with Gasteiger partial charge in [0.2, 0.25) is 0 Å². The third kappa shape index (κ3) is 6.10. The molecular weight excluding hydrogens is 312 g/mol. The molecular formula is C13H22N2O6S. The highest BCUT2D eigenvalue weighted by Gasteiger charge is 2.34. The van der Waals surface area contributed by atoms with Crippen molar-refractivity contribution in [2.45, 2.75) is 50.3 Å². The Hall–Kier alpha value is -1.48. The molecule has 126 valence electrons. The van der Waals surface area contributed by atoms with Gasteiger partial charge in [0, 0.05) is 12.2 Å². The van der Waals surface area contributed by atoms with Gasteiger partial charge in [-0.1, -0.05) is 0 Å². The van der Waals surface area contributed by atoms with Gasteiger partial charge in [-0.3, -0.25) is 10.1 Å². The fourth-order valence-corrected chi connectivity index (χ4v) is 3.08. The molecule has 0 aromatic carbocycles. The number of carbonyl (C=O) groups is 3. The van der Waals surface area contributed by atoms with Gasteiger partial charge in [-0.25, -0.2) is 9.59 Å². The number of hydrogen-bond donors (Lipinski definition) is 3. The summed E-state index contributed by atoms with van der Waals surface area (Å²) in [6, 6.07) is -1.56. The van der Waals surface area contributed by atoms with E-state index in [2.05, 4.69) is 15.4 Å². The number of carboxylic acid groups (broad SMARTS) is 1. The first-order chi connectivity index (χ1) is 10.1. The Bertz CT molecular complexity index is 437. The van der Waals surface area contributed by atoms with Crippen LogP contribution < -0.4 is 10.6 Å². The fraction of sp³-hybridized carbons (Fsp3) is 0.769. The van der Waals surface area contributed by atoms with Crippen LogP contribution in [0.5, 0.6) is 0 Å². The van der Waals surface area contributed by atoms with E-state index in [1.807, 2.05) is 0 Å². The van der Waals surface area contributed by atoms with E-state index in [-0.39, 0.29) is 17.8 Å². The number of esters is 1. The van der Waals surface area contributed by atoms with E-state index in [1.54, 1.807) is 20.8 Å². The highest BCUT2D eigenvalue weighted by molar-refractivity contribution is 8.00. The zero-order chi connectivity index (χ0) is 16.9. The van der Waals surface area contributed by atoms with Gasteiger partial charge in [-0.15, -0.1) is 11.8 Å². The summed E-state index contributed by atoms with van der Waals surface area (Å²) in [5, 5.41) is 14.2. The van der Waals surface area contributed by atoms with Gasteiger partial charge >= 0.3 is 18.0 Å². The number of thioether (sulfide) groups is 1. The van der Waals surface area contributed by atoms with E-state index in [4.69, 9.17) is 4.74 Å². The molecule has 1 amide bonds. The first-order valence-electron chi connectivity index (χ1n) is 6.80. The Morgan fingerprint density at radius 2 is 2.05 bits per heavy atom. The van der Waals surface area contributed by atoms with Crippen LogP contribution in [0.25, 0.3) is 0 Å². The highest BCUT2D eigenvalue weighted by atomic mass is 32.2. The number of aliphatic carboxylic acids is 1. The zero-order valence-electron chi connectivity index (χ0n) is 13.0. The third-order valence-electron chi connectivity index (χ3n) is 2.78. The molecule has 1 rings (SSSR count). The lowest BCUT2D eigenvalue weighted by Crippen LogP contribution is -2.47. The SMILES string of the molecule is COC(=O)C1CSC(CC(NC(=O)OC(C)(C)C)C(=O)O)N1. The normalized spacial score (nSPS) is 22.7. The number of ether oxygens (including phenoxy) is 2. The molecule has 1 fully saturated rings. The van der Waals surface area contributed by atoms with E-state index in [9.17, 15) is 19.5 Å². The third-order valence-corrected chi connectivity index (χ3v) is 4.03. The molecule has 3 N–H and O–H groups in total. The standard InChI is InChI=1S/C13H22N2O6S/c1-13(2,3)21-12(19)15-7(10(16)17)5-9-14-8(6-22-9)11(18)20-4/h7-9,14H,5-6H2,1-4H3,(H,15,19)(H,16,17). The lowest BCUT2D eigenvalue weighted by Gasteiger charge is -2.23. The fourth-order valence-electron chi connectivity index (χ4n) is 1.83. The first kappa shape index (κ1) is 18.6.